The molecule has 7 nitrogen and oxygen atoms in total. The Labute approximate surface area is 241 Å². The number of nitrogens with one attached hydrogen (secondary N) is 1. The second-order valence-electron chi connectivity index (χ2n) is 12.5. The lowest BCUT2D eigenvalue weighted by molar-refractivity contribution is 0.107. The standard InChI is InChI=1S/C32H33F3N6O/c33-19-13-32(8-3-9-41(32)14-19)17-42-31-38-29-25(30(39-31)40-15-21-6-7-22(16-40)37-21)12-26(34)27(28(29)35)24-11-20(36)10-18-4-1-2-5-23(18)24/h1-2,4-5,10-12,19,21-22,37H,3,6-9,13-17,36H2/t19-,21-,22+,32+/m1/s1. The lowest BCUT2D eigenvalue weighted by Crippen LogP contribution is -2.51. The number of nitrogen functional groups attached to an aromatic ring is 1. The van der Waals surface area contributed by atoms with Crippen LogP contribution in [0.2, 0.25) is 0 Å². The van der Waals surface area contributed by atoms with E-state index in [1.54, 1.807) is 12.1 Å². The number of nitrogens with zero attached hydrogens (tertiary/aromatic N) is 4. The maximum atomic E-state index is 16.7. The molecule has 1 aromatic heterocycles. The molecule has 2 bridgehead atoms. The molecule has 4 atom stereocenters. The average Bonchev–Trinajstić information content (AvgIpc) is 3.62. The van der Waals surface area contributed by atoms with Crippen molar-refractivity contribution in [2.75, 3.05) is 43.4 Å². The number of piperazine rings is 1. The Morgan fingerprint density at radius 3 is 2.67 bits per heavy atom. The van der Waals surface area contributed by atoms with E-state index in [0.29, 0.717) is 53.9 Å². The van der Waals surface area contributed by atoms with E-state index in [2.05, 4.69) is 20.1 Å². The Hall–Kier alpha value is -3.63. The average molecular weight is 575 g/mol. The van der Waals surface area contributed by atoms with Crippen LogP contribution in [-0.4, -0.2) is 71.4 Å². The van der Waals surface area contributed by atoms with Crippen LogP contribution in [0, 0.1) is 11.6 Å². The number of hydrogen-bond acceptors (Lipinski definition) is 7. The smallest absolute Gasteiger partial charge is 0.319 e. The van der Waals surface area contributed by atoms with E-state index in [1.807, 2.05) is 24.3 Å². The van der Waals surface area contributed by atoms with Crippen molar-refractivity contribution in [2.45, 2.75) is 55.9 Å². The molecule has 4 aromatic rings. The molecule has 8 rings (SSSR count). The fraction of sp³-hybridized carbons (Fsp3) is 0.438. The van der Waals surface area contributed by atoms with Gasteiger partial charge in [-0.3, -0.25) is 4.90 Å². The van der Waals surface area contributed by atoms with Gasteiger partial charge in [0.15, 0.2) is 5.82 Å². The minimum absolute atomic E-state index is 0.000599. The van der Waals surface area contributed by atoms with Crippen LogP contribution in [0.5, 0.6) is 6.01 Å². The van der Waals surface area contributed by atoms with Crippen molar-refractivity contribution < 1.29 is 17.9 Å². The predicted molar refractivity (Wildman–Crippen MR) is 158 cm³/mol. The largest absolute Gasteiger partial charge is 0.461 e. The number of nitrogens with two attached hydrogens (primary N) is 1. The minimum atomic E-state index is -0.894. The fourth-order valence-electron chi connectivity index (χ4n) is 7.87. The van der Waals surface area contributed by atoms with E-state index >= 15 is 8.78 Å². The van der Waals surface area contributed by atoms with Crippen LogP contribution in [0.4, 0.5) is 24.7 Å². The number of fused-ring (bicyclic) bond motifs is 5. The first kappa shape index (κ1) is 26.0. The Morgan fingerprint density at radius 1 is 1.02 bits per heavy atom. The third-order valence-electron chi connectivity index (χ3n) is 9.74. The predicted octanol–water partition coefficient (Wildman–Crippen LogP) is 5.21. The van der Waals surface area contributed by atoms with E-state index in [1.165, 1.54) is 6.07 Å². The molecule has 0 aliphatic carbocycles. The van der Waals surface area contributed by atoms with Gasteiger partial charge in [-0.1, -0.05) is 24.3 Å². The summed E-state index contributed by atoms with van der Waals surface area (Å²) in [6.45, 7) is 2.81. The van der Waals surface area contributed by atoms with Crippen LogP contribution in [0.15, 0.2) is 42.5 Å². The van der Waals surface area contributed by atoms with Crippen molar-refractivity contribution in [3.05, 3.63) is 54.1 Å². The molecule has 218 valence electrons. The molecular formula is C32H33F3N6O. The van der Waals surface area contributed by atoms with Gasteiger partial charge in [-0.25, -0.2) is 13.2 Å². The van der Waals surface area contributed by atoms with Crippen molar-refractivity contribution in [2.24, 2.45) is 0 Å². The molecular weight excluding hydrogens is 541 g/mol. The molecule has 0 saturated carbocycles. The van der Waals surface area contributed by atoms with Gasteiger partial charge >= 0.3 is 6.01 Å². The molecule has 4 aliphatic rings. The number of rotatable bonds is 5. The van der Waals surface area contributed by atoms with Gasteiger partial charge < -0.3 is 20.7 Å². The van der Waals surface area contributed by atoms with Gasteiger partial charge in [0.2, 0.25) is 0 Å². The molecule has 3 N–H and O–H groups in total. The first-order valence-corrected chi connectivity index (χ1v) is 14.9. The zero-order valence-corrected chi connectivity index (χ0v) is 23.3. The van der Waals surface area contributed by atoms with Gasteiger partial charge in [0.05, 0.1) is 11.1 Å². The number of benzene rings is 3. The monoisotopic (exact) mass is 574 g/mol. The highest BCUT2D eigenvalue weighted by Crippen LogP contribution is 2.42. The molecule has 0 amide bonds. The third kappa shape index (κ3) is 4.18. The summed E-state index contributed by atoms with van der Waals surface area (Å²) in [6, 6.07) is 12.7. The second-order valence-corrected chi connectivity index (χ2v) is 12.5. The topological polar surface area (TPSA) is 79.5 Å². The molecule has 4 saturated heterocycles. The van der Waals surface area contributed by atoms with Gasteiger partial charge in [0.1, 0.15) is 29.9 Å². The van der Waals surface area contributed by atoms with Gasteiger partial charge in [0, 0.05) is 49.2 Å². The summed E-state index contributed by atoms with van der Waals surface area (Å²) in [6.07, 6.45) is 3.42. The molecule has 4 fully saturated rings. The summed E-state index contributed by atoms with van der Waals surface area (Å²) in [5, 5.41) is 5.39. The lowest BCUT2D eigenvalue weighted by Gasteiger charge is -2.34. The van der Waals surface area contributed by atoms with E-state index in [4.69, 9.17) is 15.5 Å². The van der Waals surface area contributed by atoms with Crippen LogP contribution in [0.3, 0.4) is 0 Å². The zero-order chi connectivity index (χ0) is 28.6. The molecule has 42 heavy (non-hydrogen) atoms. The summed E-state index contributed by atoms with van der Waals surface area (Å²) < 4.78 is 53.3. The summed E-state index contributed by atoms with van der Waals surface area (Å²) in [4.78, 5) is 13.6. The van der Waals surface area contributed by atoms with Crippen LogP contribution in [0.25, 0.3) is 32.8 Å². The Bertz CT molecular complexity index is 1710. The quantitative estimate of drug-likeness (QED) is 0.317. The first-order valence-electron chi connectivity index (χ1n) is 14.9. The van der Waals surface area contributed by atoms with Gasteiger partial charge in [-0.2, -0.15) is 9.97 Å². The van der Waals surface area contributed by atoms with Crippen molar-refractivity contribution in [1.29, 1.82) is 0 Å². The molecule has 0 radical (unpaired) electrons. The van der Waals surface area contributed by atoms with Crippen molar-refractivity contribution >= 4 is 33.2 Å². The Kier molecular flexibility index (Phi) is 6.01. The number of aromatic nitrogens is 2. The van der Waals surface area contributed by atoms with Crippen molar-refractivity contribution in [1.82, 2.24) is 20.2 Å². The van der Waals surface area contributed by atoms with Crippen LogP contribution in [0.1, 0.15) is 32.1 Å². The third-order valence-corrected chi connectivity index (χ3v) is 9.74. The highest BCUT2D eigenvalue weighted by atomic mass is 19.1. The van der Waals surface area contributed by atoms with Crippen LogP contribution in [-0.2, 0) is 0 Å². The summed E-state index contributed by atoms with van der Waals surface area (Å²) >= 11 is 0. The number of anilines is 2. The first-order chi connectivity index (χ1) is 20.4. The summed E-state index contributed by atoms with van der Waals surface area (Å²) in [5.74, 6) is -1.02. The highest BCUT2D eigenvalue weighted by Gasteiger charge is 2.49. The lowest BCUT2D eigenvalue weighted by atomic mass is 9.95. The molecule has 5 heterocycles. The zero-order valence-electron chi connectivity index (χ0n) is 23.3. The van der Waals surface area contributed by atoms with Crippen LogP contribution >= 0.6 is 0 Å². The van der Waals surface area contributed by atoms with E-state index < -0.39 is 23.3 Å². The number of ether oxygens (including phenoxy) is 1. The fourth-order valence-corrected chi connectivity index (χ4v) is 7.87. The maximum Gasteiger partial charge on any atom is 0.319 e. The van der Waals surface area contributed by atoms with Gasteiger partial charge in [0.25, 0.3) is 0 Å². The SMILES string of the molecule is Nc1cc(-c2c(F)cc3c(N4C[C@H]5CC[C@@H](C4)N5)nc(OC[C@@]45CCCN4C[C@H](F)C5)nc3c2F)c2ccccc2c1. The summed E-state index contributed by atoms with van der Waals surface area (Å²) in [7, 11) is 0. The minimum Gasteiger partial charge on any atom is -0.461 e. The van der Waals surface area contributed by atoms with Crippen molar-refractivity contribution in [3.8, 4) is 17.1 Å². The molecule has 0 unspecified atom stereocenters. The van der Waals surface area contributed by atoms with Gasteiger partial charge in [-0.15, -0.1) is 0 Å². The highest BCUT2D eigenvalue weighted by molar-refractivity contribution is 6.02. The number of halogens is 3. The molecule has 3 aromatic carbocycles. The van der Waals surface area contributed by atoms with E-state index in [9.17, 15) is 4.39 Å². The maximum absolute atomic E-state index is 16.7. The molecule has 10 heteroatoms. The molecule has 4 aliphatic heterocycles. The Balaban J connectivity index is 1.27. The number of hydrogen-bond donors (Lipinski definition) is 2. The van der Waals surface area contributed by atoms with E-state index in [-0.39, 0.29) is 35.8 Å². The normalized spacial score (nSPS) is 27.3. The van der Waals surface area contributed by atoms with Crippen LogP contribution < -0.4 is 20.7 Å². The molecule has 0 spiro atoms. The van der Waals surface area contributed by atoms with Gasteiger partial charge in [-0.05, 0) is 66.8 Å². The second kappa shape index (κ2) is 9.70. The van der Waals surface area contributed by atoms with Crippen molar-refractivity contribution in [3.63, 3.8) is 0 Å². The number of alkyl halides is 1. The van der Waals surface area contributed by atoms with E-state index in [0.717, 1.165) is 37.6 Å². The summed E-state index contributed by atoms with van der Waals surface area (Å²) in [5.41, 5.74) is 6.36. The Morgan fingerprint density at radius 2 is 1.83 bits per heavy atom.